The van der Waals surface area contributed by atoms with Crippen LogP contribution in [-0.4, -0.2) is 36.8 Å². The second kappa shape index (κ2) is 19.3. The molecule has 348 valence electrons. The Kier molecular flexibility index (Phi) is 13.5. The van der Waals surface area contributed by atoms with Crippen molar-refractivity contribution in [3.8, 4) is 22.6 Å². The van der Waals surface area contributed by atoms with Gasteiger partial charge in [0.1, 0.15) is 18.1 Å². The highest BCUT2D eigenvalue weighted by Crippen LogP contribution is 2.63. The highest BCUT2D eigenvalue weighted by molar-refractivity contribution is 6.06. The fraction of sp³-hybridized carbons (Fsp3) is 0.475. The lowest BCUT2D eigenvalue weighted by atomic mass is 9.54. The smallest absolute Gasteiger partial charge is 0.236 e. The molecular weight excluding hydrogens is 819 g/mol. The molecule has 0 N–H and O–H groups in total. The second-order valence-corrected chi connectivity index (χ2v) is 20.5. The molecule has 1 amide bonds. The SMILES string of the molecule is CC[C@H]1O[C@@H](Oc2cccc(-c3ccc([C@H]4N(c5ccccc5)C(=O)C45CCC(C)(c4ccccc4)CC5)c(OCc4ccccc4)c3)c2)[C@H](C)[C@@H](C)C1O[C@@H]1O[C@H](CC)[C@@H](C)[C@H](C)[C@H]1C. The molecule has 5 aromatic carbocycles. The average Bonchev–Trinajstić information content (AvgIpc) is 3.35. The molecule has 5 aromatic rings. The minimum atomic E-state index is -0.533. The molecular formula is C59H71NO6. The number of hydrogen-bond donors (Lipinski definition) is 0. The summed E-state index contributed by atoms with van der Waals surface area (Å²) in [6.45, 7) is 18.6. The predicted molar refractivity (Wildman–Crippen MR) is 263 cm³/mol. The van der Waals surface area contributed by atoms with Crippen LogP contribution in [0, 0.1) is 35.0 Å². The number of anilines is 1. The van der Waals surface area contributed by atoms with Crippen LogP contribution in [-0.2, 0) is 31.0 Å². The zero-order valence-electron chi connectivity index (χ0n) is 40.4. The third-order valence-electron chi connectivity index (χ3n) is 16.7. The largest absolute Gasteiger partial charge is 0.489 e. The Morgan fingerprint density at radius 2 is 1.24 bits per heavy atom. The molecule has 66 heavy (non-hydrogen) atoms. The third-order valence-corrected chi connectivity index (χ3v) is 16.7. The van der Waals surface area contributed by atoms with E-state index in [9.17, 15) is 4.79 Å². The van der Waals surface area contributed by atoms with Gasteiger partial charge in [-0.3, -0.25) is 4.79 Å². The van der Waals surface area contributed by atoms with E-state index in [4.69, 9.17) is 23.7 Å². The molecule has 7 heteroatoms. The van der Waals surface area contributed by atoms with Gasteiger partial charge in [-0.05, 0) is 114 Å². The van der Waals surface area contributed by atoms with Crippen molar-refractivity contribution in [3.63, 3.8) is 0 Å². The van der Waals surface area contributed by atoms with Crippen molar-refractivity contribution < 1.29 is 28.5 Å². The van der Waals surface area contributed by atoms with Gasteiger partial charge in [0.15, 0.2) is 6.29 Å². The van der Waals surface area contributed by atoms with E-state index in [-0.39, 0.29) is 53.8 Å². The third kappa shape index (κ3) is 8.72. The molecule has 1 spiro atoms. The fourth-order valence-corrected chi connectivity index (χ4v) is 11.7. The Morgan fingerprint density at radius 1 is 0.621 bits per heavy atom. The summed E-state index contributed by atoms with van der Waals surface area (Å²) in [5.74, 6) is 3.31. The highest BCUT2D eigenvalue weighted by atomic mass is 16.7. The van der Waals surface area contributed by atoms with Crippen LogP contribution in [0.15, 0.2) is 133 Å². The molecule has 7 nitrogen and oxygen atoms in total. The number of β-lactam (4-membered cyclic amide) rings is 1. The van der Waals surface area contributed by atoms with Crippen LogP contribution >= 0.6 is 0 Å². The maximum atomic E-state index is 14.7. The zero-order chi connectivity index (χ0) is 46.2. The van der Waals surface area contributed by atoms with E-state index in [0.29, 0.717) is 24.4 Å². The number of rotatable bonds is 13. The molecule has 0 radical (unpaired) electrons. The average molecular weight is 890 g/mol. The van der Waals surface area contributed by atoms with Gasteiger partial charge in [-0.15, -0.1) is 0 Å². The summed E-state index contributed by atoms with van der Waals surface area (Å²) in [6.07, 6.45) is 4.57. The number of carbonyl (C=O) groups excluding carboxylic acids is 1. The molecule has 3 aliphatic heterocycles. The molecule has 0 bridgehead atoms. The molecule has 1 aliphatic carbocycles. The number of benzene rings is 5. The maximum Gasteiger partial charge on any atom is 0.236 e. The second-order valence-electron chi connectivity index (χ2n) is 20.5. The van der Waals surface area contributed by atoms with Gasteiger partial charge in [-0.25, -0.2) is 0 Å². The molecule has 1 saturated carbocycles. The van der Waals surface area contributed by atoms with E-state index in [1.807, 2.05) is 47.4 Å². The lowest BCUT2D eigenvalue weighted by molar-refractivity contribution is -0.314. The van der Waals surface area contributed by atoms with E-state index < -0.39 is 11.7 Å². The first kappa shape index (κ1) is 46.2. The first-order chi connectivity index (χ1) is 31.9. The standard InChI is InChI=1S/C59H71NO6/c1-9-50-39(4)38(3)41(6)56(64-50)66-53-40(5)42(7)55(65-51(53)10-2)63-48-28-20-23-44(35-48)45-29-30-49(52(36-45)62-37-43-21-14-11-15-22-43)54-59(57(61)60(54)47-26-18-13-19-27-47)33-31-58(8,32-34-59)46-24-16-12-17-25-46/h11-30,35-36,38-42,50-51,53-56H,9-10,31-34,37H2,1-8H3/t38-,39-,40+,41+,42+,50+,51+,53?,54+,55+,56-,58?,59?/m0/s1. The van der Waals surface area contributed by atoms with Gasteiger partial charge in [0, 0.05) is 23.1 Å². The van der Waals surface area contributed by atoms with E-state index in [1.165, 1.54) is 5.56 Å². The van der Waals surface area contributed by atoms with Crippen LogP contribution in [0.3, 0.4) is 0 Å². The van der Waals surface area contributed by atoms with Crippen LogP contribution < -0.4 is 14.4 Å². The summed E-state index contributed by atoms with van der Waals surface area (Å²) in [7, 11) is 0. The number of para-hydroxylation sites is 1. The van der Waals surface area contributed by atoms with Crippen molar-refractivity contribution in [2.45, 2.75) is 143 Å². The normalized spacial score (nSPS) is 33.3. The van der Waals surface area contributed by atoms with E-state index in [0.717, 1.165) is 78.0 Å². The van der Waals surface area contributed by atoms with Crippen molar-refractivity contribution in [2.24, 2.45) is 35.0 Å². The van der Waals surface area contributed by atoms with Crippen molar-refractivity contribution in [2.75, 3.05) is 4.90 Å². The molecule has 9 rings (SSSR count). The molecule has 3 heterocycles. The molecule has 4 aliphatic rings. The molecule has 11 atom stereocenters. The van der Waals surface area contributed by atoms with Crippen LogP contribution in [0.25, 0.3) is 11.1 Å². The zero-order valence-corrected chi connectivity index (χ0v) is 40.4. The Hall–Kier alpha value is -4.95. The van der Waals surface area contributed by atoms with Gasteiger partial charge in [-0.2, -0.15) is 0 Å². The lowest BCUT2D eigenvalue weighted by Gasteiger charge is -2.60. The highest BCUT2D eigenvalue weighted by Gasteiger charge is 2.63. The summed E-state index contributed by atoms with van der Waals surface area (Å²) in [5.41, 5.74) is 5.90. The lowest BCUT2D eigenvalue weighted by Crippen LogP contribution is -2.65. The van der Waals surface area contributed by atoms with E-state index in [1.54, 1.807) is 0 Å². The Bertz CT molecular complexity index is 2390. The summed E-state index contributed by atoms with van der Waals surface area (Å²) < 4.78 is 34.0. The van der Waals surface area contributed by atoms with Crippen molar-refractivity contribution in [3.05, 3.63) is 150 Å². The number of hydrogen-bond acceptors (Lipinski definition) is 6. The predicted octanol–water partition coefficient (Wildman–Crippen LogP) is 13.8. The van der Waals surface area contributed by atoms with Gasteiger partial charge in [0.2, 0.25) is 12.2 Å². The number of nitrogens with zero attached hydrogens (tertiary/aromatic N) is 1. The van der Waals surface area contributed by atoms with Crippen LogP contribution in [0.5, 0.6) is 11.5 Å². The molecule has 3 saturated heterocycles. The summed E-state index contributed by atoms with van der Waals surface area (Å²) in [5, 5.41) is 0. The maximum absolute atomic E-state index is 14.7. The van der Waals surface area contributed by atoms with Gasteiger partial charge in [0.05, 0.1) is 29.8 Å². The first-order valence-electron chi connectivity index (χ1n) is 24.9. The molecule has 0 aromatic heterocycles. The minimum Gasteiger partial charge on any atom is -0.489 e. The van der Waals surface area contributed by atoms with Crippen molar-refractivity contribution in [1.82, 2.24) is 0 Å². The summed E-state index contributed by atoms with van der Waals surface area (Å²) >= 11 is 0. The number of amides is 1. The number of ether oxygens (including phenoxy) is 5. The fourth-order valence-electron chi connectivity index (χ4n) is 11.7. The Balaban J connectivity index is 0.994. The minimum absolute atomic E-state index is 0.0122. The Morgan fingerprint density at radius 3 is 1.92 bits per heavy atom. The number of carbonyl (C=O) groups is 1. The summed E-state index contributed by atoms with van der Waals surface area (Å²) in [6, 6.07) is 46.0. The van der Waals surface area contributed by atoms with Crippen molar-refractivity contribution >= 4 is 11.6 Å². The quantitative estimate of drug-likeness (QED) is 0.110. The van der Waals surface area contributed by atoms with Crippen LogP contribution in [0.1, 0.15) is 117 Å². The van der Waals surface area contributed by atoms with Gasteiger partial charge in [-0.1, -0.05) is 159 Å². The van der Waals surface area contributed by atoms with Crippen LogP contribution in [0.4, 0.5) is 5.69 Å². The van der Waals surface area contributed by atoms with Crippen LogP contribution in [0.2, 0.25) is 0 Å². The first-order valence-corrected chi connectivity index (χ1v) is 24.9. The Labute approximate surface area is 394 Å². The van der Waals surface area contributed by atoms with Gasteiger partial charge in [0.25, 0.3) is 0 Å². The van der Waals surface area contributed by atoms with E-state index in [2.05, 4.69) is 146 Å². The summed E-state index contributed by atoms with van der Waals surface area (Å²) in [4.78, 5) is 16.8. The van der Waals surface area contributed by atoms with Gasteiger partial charge >= 0.3 is 0 Å². The van der Waals surface area contributed by atoms with E-state index >= 15 is 0 Å². The monoisotopic (exact) mass is 890 g/mol. The van der Waals surface area contributed by atoms with Gasteiger partial charge < -0.3 is 28.6 Å². The molecule has 1 unspecified atom stereocenters. The topological polar surface area (TPSA) is 66.5 Å². The van der Waals surface area contributed by atoms with Crippen molar-refractivity contribution in [1.29, 1.82) is 0 Å². The molecule has 4 fully saturated rings.